The van der Waals surface area contributed by atoms with Crippen LogP contribution in [-0.2, 0) is 13.1 Å². The van der Waals surface area contributed by atoms with E-state index in [4.69, 9.17) is 9.15 Å². The van der Waals surface area contributed by atoms with Crippen LogP contribution in [0, 0.1) is 5.92 Å². The molecule has 176 valence electrons. The van der Waals surface area contributed by atoms with E-state index in [0.717, 1.165) is 55.2 Å². The molecular weight excluding hydrogens is 432 g/mol. The van der Waals surface area contributed by atoms with E-state index in [1.807, 2.05) is 29.7 Å². The van der Waals surface area contributed by atoms with Crippen LogP contribution in [0.25, 0.3) is 0 Å². The summed E-state index contributed by atoms with van der Waals surface area (Å²) in [6.45, 7) is 5.94. The maximum Gasteiger partial charge on any atom is 0.307 e. The summed E-state index contributed by atoms with van der Waals surface area (Å²) in [6.07, 6.45) is 4.19. The van der Waals surface area contributed by atoms with Gasteiger partial charge in [0.1, 0.15) is 5.75 Å². The number of piperidine rings is 1. The largest absolute Gasteiger partial charge is 0.494 e. The van der Waals surface area contributed by atoms with Crippen molar-refractivity contribution in [3.8, 4) is 5.75 Å². The van der Waals surface area contributed by atoms with E-state index in [2.05, 4.69) is 27.6 Å². The van der Waals surface area contributed by atoms with Crippen molar-refractivity contribution in [3.05, 3.63) is 87.7 Å². The van der Waals surface area contributed by atoms with Crippen molar-refractivity contribution >= 4 is 12.1 Å². The van der Waals surface area contributed by atoms with Gasteiger partial charge in [-0.25, -0.2) is 5.43 Å². The predicted molar refractivity (Wildman–Crippen MR) is 128 cm³/mol. The lowest BCUT2D eigenvalue weighted by molar-refractivity contribution is 0.0927. The molecule has 0 spiro atoms. The van der Waals surface area contributed by atoms with Crippen LogP contribution in [0.3, 0.4) is 0 Å². The average molecular weight is 461 g/mol. The molecule has 2 aliphatic heterocycles. The first kappa shape index (κ1) is 22.2. The van der Waals surface area contributed by atoms with Gasteiger partial charge in [0.25, 0.3) is 5.56 Å². The maximum atomic E-state index is 12.3. The Balaban J connectivity index is 1.31. The van der Waals surface area contributed by atoms with Crippen LogP contribution in [0.1, 0.15) is 46.6 Å². The SMILES string of the molecule is CCOc1ccc(/C=N/NC(=O)c2ccco2)cc1CN1CC2CC(C1)c1cccc(=O)n1C2. The Kier molecular flexibility index (Phi) is 6.31. The quantitative estimate of drug-likeness (QED) is 0.432. The normalized spacial score (nSPS) is 19.7. The molecule has 0 aliphatic carbocycles. The molecule has 1 fully saturated rings. The number of amides is 1. The first-order valence-electron chi connectivity index (χ1n) is 11.7. The zero-order chi connectivity index (χ0) is 23.5. The van der Waals surface area contributed by atoms with E-state index in [-0.39, 0.29) is 11.3 Å². The Bertz CT molecular complexity index is 1250. The lowest BCUT2D eigenvalue weighted by atomic mass is 9.83. The highest BCUT2D eigenvalue weighted by molar-refractivity contribution is 5.92. The van der Waals surface area contributed by atoms with Crippen LogP contribution in [0.4, 0.5) is 0 Å². The number of carbonyl (C=O) groups is 1. The number of fused-ring (bicyclic) bond motifs is 4. The number of furan rings is 1. The molecule has 2 unspecified atom stereocenters. The number of rotatable bonds is 7. The van der Waals surface area contributed by atoms with Gasteiger partial charge in [0.15, 0.2) is 5.76 Å². The summed E-state index contributed by atoms with van der Waals surface area (Å²) in [6, 6.07) is 14.8. The monoisotopic (exact) mass is 460 g/mol. The van der Waals surface area contributed by atoms with Gasteiger partial charge in [-0.3, -0.25) is 14.5 Å². The van der Waals surface area contributed by atoms with Crippen LogP contribution in [0.2, 0.25) is 0 Å². The lowest BCUT2D eigenvalue weighted by Crippen LogP contribution is -2.46. The van der Waals surface area contributed by atoms with Crippen molar-refractivity contribution in [2.24, 2.45) is 11.0 Å². The molecule has 4 heterocycles. The van der Waals surface area contributed by atoms with Crippen molar-refractivity contribution in [1.82, 2.24) is 14.9 Å². The molecule has 2 aromatic heterocycles. The second-order valence-corrected chi connectivity index (χ2v) is 8.87. The number of pyridine rings is 1. The van der Waals surface area contributed by atoms with Gasteiger partial charge >= 0.3 is 5.91 Å². The Morgan fingerprint density at radius 3 is 2.94 bits per heavy atom. The Morgan fingerprint density at radius 1 is 1.21 bits per heavy atom. The molecule has 5 rings (SSSR count). The highest BCUT2D eigenvalue weighted by Crippen LogP contribution is 2.36. The fraction of sp³-hybridized carbons (Fsp3) is 0.346. The third-order valence-electron chi connectivity index (χ3n) is 6.46. The first-order valence-corrected chi connectivity index (χ1v) is 11.7. The number of carbonyl (C=O) groups excluding carboxylic acids is 1. The average Bonchev–Trinajstić information content (AvgIpc) is 3.37. The van der Waals surface area contributed by atoms with Gasteiger partial charge in [0, 0.05) is 49.4 Å². The highest BCUT2D eigenvalue weighted by Gasteiger charge is 2.34. The zero-order valence-corrected chi connectivity index (χ0v) is 19.1. The van der Waals surface area contributed by atoms with Crippen LogP contribution < -0.4 is 15.7 Å². The molecule has 2 atom stereocenters. The van der Waals surface area contributed by atoms with Gasteiger partial charge in [0.05, 0.1) is 19.1 Å². The summed E-state index contributed by atoms with van der Waals surface area (Å²) in [5.74, 6) is 1.49. The summed E-state index contributed by atoms with van der Waals surface area (Å²) in [5.41, 5.74) is 5.67. The van der Waals surface area contributed by atoms with Gasteiger partial charge < -0.3 is 13.7 Å². The topological polar surface area (TPSA) is 89.1 Å². The molecule has 1 amide bonds. The number of hydrogen-bond acceptors (Lipinski definition) is 6. The van der Waals surface area contributed by atoms with Crippen molar-refractivity contribution in [2.45, 2.75) is 32.4 Å². The van der Waals surface area contributed by atoms with Gasteiger partial charge in [0.2, 0.25) is 0 Å². The molecule has 2 aliphatic rings. The van der Waals surface area contributed by atoms with E-state index in [1.54, 1.807) is 24.4 Å². The number of nitrogens with one attached hydrogen (secondary N) is 1. The van der Waals surface area contributed by atoms with Gasteiger partial charge in [-0.15, -0.1) is 0 Å². The Hall–Kier alpha value is -3.65. The molecule has 8 nitrogen and oxygen atoms in total. The third-order valence-corrected chi connectivity index (χ3v) is 6.46. The summed E-state index contributed by atoms with van der Waals surface area (Å²) in [5, 5.41) is 4.07. The summed E-state index contributed by atoms with van der Waals surface area (Å²) in [7, 11) is 0. The number of nitrogens with zero attached hydrogens (tertiary/aromatic N) is 3. The summed E-state index contributed by atoms with van der Waals surface area (Å²) >= 11 is 0. The van der Waals surface area contributed by atoms with Crippen molar-refractivity contribution < 1.29 is 13.9 Å². The number of aromatic nitrogens is 1. The van der Waals surface area contributed by atoms with Gasteiger partial charge in [-0.05, 0) is 61.2 Å². The van der Waals surface area contributed by atoms with E-state index >= 15 is 0 Å². The third kappa shape index (κ3) is 4.68. The zero-order valence-electron chi connectivity index (χ0n) is 19.1. The highest BCUT2D eigenvalue weighted by atomic mass is 16.5. The van der Waals surface area contributed by atoms with E-state index in [1.165, 1.54) is 6.26 Å². The number of ether oxygens (including phenoxy) is 1. The summed E-state index contributed by atoms with van der Waals surface area (Å²) in [4.78, 5) is 26.8. The number of hydrazone groups is 1. The minimum atomic E-state index is -0.397. The molecule has 1 N–H and O–H groups in total. The molecule has 34 heavy (non-hydrogen) atoms. The molecule has 0 saturated carbocycles. The first-order chi connectivity index (χ1) is 16.6. The van der Waals surface area contributed by atoms with Crippen LogP contribution in [0.15, 0.2) is 69.1 Å². The maximum absolute atomic E-state index is 12.3. The van der Waals surface area contributed by atoms with Crippen LogP contribution >= 0.6 is 0 Å². The smallest absolute Gasteiger partial charge is 0.307 e. The number of benzene rings is 1. The fourth-order valence-corrected chi connectivity index (χ4v) is 5.09. The lowest BCUT2D eigenvalue weighted by Gasteiger charge is -2.43. The molecule has 2 bridgehead atoms. The van der Waals surface area contributed by atoms with Crippen molar-refractivity contribution in [2.75, 3.05) is 19.7 Å². The Morgan fingerprint density at radius 2 is 2.12 bits per heavy atom. The minimum absolute atomic E-state index is 0.102. The van der Waals surface area contributed by atoms with Crippen LogP contribution in [-0.4, -0.2) is 41.3 Å². The van der Waals surface area contributed by atoms with Gasteiger partial charge in [-0.1, -0.05) is 6.07 Å². The van der Waals surface area contributed by atoms with E-state index in [9.17, 15) is 9.59 Å². The van der Waals surface area contributed by atoms with E-state index in [0.29, 0.717) is 18.4 Å². The number of likely N-dealkylation sites (tertiary alicyclic amines) is 1. The predicted octanol–water partition coefficient (Wildman–Crippen LogP) is 3.22. The molecule has 0 radical (unpaired) electrons. The minimum Gasteiger partial charge on any atom is -0.494 e. The second-order valence-electron chi connectivity index (χ2n) is 8.87. The fourth-order valence-electron chi connectivity index (χ4n) is 5.09. The van der Waals surface area contributed by atoms with Crippen LogP contribution in [0.5, 0.6) is 5.75 Å². The Labute approximate surface area is 197 Å². The molecular formula is C26H28N4O4. The molecule has 1 saturated heterocycles. The second kappa shape index (κ2) is 9.69. The van der Waals surface area contributed by atoms with Crippen molar-refractivity contribution in [1.29, 1.82) is 0 Å². The van der Waals surface area contributed by atoms with Gasteiger partial charge in [-0.2, -0.15) is 5.10 Å². The van der Waals surface area contributed by atoms with E-state index < -0.39 is 5.91 Å². The number of hydrogen-bond donors (Lipinski definition) is 1. The summed E-state index contributed by atoms with van der Waals surface area (Å²) < 4.78 is 12.9. The standard InChI is InChI=1S/C26H28N4O4/c1-2-33-23-9-8-18(13-27-28-26(32)24-6-4-10-34-24)11-21(23)17-29-14-19-12-20(16-29)22-5-3-7-25(31)30(22)15-19/h3-11,13,19-20H,2,12,14-17H2,1H3,(H,28,32)/b27-13+. The molecule has 8 heteroatoms. The molecule has 1 aromatic carbocycles. The van der Waals surface area contributed by atoms with Crippen molar-refractivity contribution in [3.63, 3.8) is 0 Å². The molecule has 3 aromatic rings.